The van der Waals surface area contributed by atoms with Crippen LogP contribution in [0.3, 0.4) is 0 Å². The van der Waals surface area contributed by atoms with Crippen LogP contribution in [0.15, 0.2) is 0 Å². The van der Waals surface area contributed by atoms with Gasteiger partial charge in [-0.1, -0.05) is 6.92 Å². The topological polar surface area (TPSA) is 69.6 Å². The number of nitrogens with one attached hydrogen (secondary N) is 1. The summed E-state index contributed by atoms with van der Waals surface area (Å²) in [5, 5.41) is 12.1. The van der Waals surface area contributed by atoms with Crippen LogP contribution in [-0.2, 0) is 9.59 Å². The highest BCUT2D eigenvalue weighted by Gasteiger charge is 2.42. The molecule has 1 unspecified atom stereocenters. The number of amides is 1. The van der Waals surface area contributed by atoms with Gasteiger partial charge < -0.3 is 15.3 Å². The number of carbonyl (C=O) groups excluding carboxylic acids is 1. The second-order valence-corrected chi connectivity index (χ2v) is 4.99. The zero-order valence-corrected chi connectivity index (χ0v) is 10.8. The fourth-order valence-corrected chi connectivity index (χ4v) is 2.51. The number of likely N-dealkylation sites (N-methyl/N-ethyl adjacent to an activating group) is 2. The Morgan fingerprint density at radius 1 is 1.35 bits per heavy atom. The predicted octanol–water partition coefficient (Wildman–Crippen LogP) is 0.411. The van der Waals surface area contributed by atoms with Crippen LogP contribution in [0.2, 0.25) is 0 Å². The average Bonchev–Trinajstić information content (AvgIpc) is 2.67. The van der Waals surface area contributed by atoms with Gasteiger partial charge in [-0.05, 0) is 25.8 Å². The van der Waals surface area contributed by atoms with Gasteiger partial charge in [0.05, 0.1) is 11.8 Å². The van der Waals surface area contributed by atoms with Gasteiger partial charge in [-0.2, -0.15) is 0 Å². The van der Waals surface area contributed by atoms with E-state index in [1.807, 2.05) is 14.0 Å². The second-order valence-electron chi connectivity index (χ2n) is 4.99. The SMILES string of the molecule is CNCCN(C)C(=O)[C@H]1CC(C)C[C@H]1C(=O)O. The molecule has 0 spiro atoms. The summed E-state index contributed by atoms with van der Waals surface area (Å²) in [6.45, 7) is 3.35. The number of rotatable bonds is 5. The van der Waals surface area contributed by atoms with Crippen LogP contribution in [0, 0.1) is 17.8 Å². The Balaban J connectivity index is 2.63. The van der Waals surface area contributed by atoms with Crippen molar-refractivity contribution in [3.63, 3.8) is 0 Å². The van der Waals surface area contributed by atoms with Gasteiger partial charge >= 0.3 is 5.97 Å². The number of carboxylic acid groups (broad SMARTS) is 1. The first-order valence-corrected chi connectivity index (χ1v) is 6.09. The molecule has 17 heavy (non-hydrogen) atoms. The van der Waals surface area contributed by atoms with Crippen LogP contribution >= 0.6 is 0 Å². The standard InChI is InChI=1S/C12H22N2O3/c1-8-6-9(10(7-8)12(16)17)11(15)14(3)5-4-13-2/h8-10,13H,4-7H2,1-3H3,(H,16,17)/t8?,9-,10+/m0/s1. The Morgan fingerprint density at radius 3 is 2.47 bits per heavy atom. The lowest BCUT2D eigenvalue weighted by Crippen LogP contribution is -2.39. The van der Waals surface area contributed by atoms with Crippen molar-refractivity contribution in [3.05, 3.63) is 0 Å². The maximum absolute atomic E-state index is 12.1. The van der Waals surface area contributed by atoms with Crippen molar-refractivity contribution in [2.75, 3.05) is 27.2 Å². The van der Waals surface area contributed by atoms with Crippen molar-refractivity contribution >= 4 is 11.9 Å². The number of nitrogens with zero attached hydrogens (tertiary/aromatic N) is 1. The van der Waals surface area contributed by atoms with Crippen molar-refractivity contribution in [1.29, 1.82) is 0 Å². The molecule has 1 saturated carbocycles. The Morgan fingerprint density at radius 2 is 1.94 bits per heavy atom. The first kappa shape index (κ1) is 14.0. The summed E-state index contributed by atoms with van der Waals surface area (Å²) in [5.41, 5.74) is 0. The highest BCUT2D eigenvalue weighted by molar-refractivity contribution is 5.85. The fraction of sp³-hybridized carbons (Fsp3) is 0.833. The number of carbonyl (C=O) groups is 2. The molecular weight excluding hydrogens is 220 g/mol. The van der Waals surface area contributed by atoms with Crippen molar-refractivity contribution < 1.29 is 14.7 Å². The number of hydrogen-bond donors (Lipinski definition) is 2. The van der Waals surface area contributed by atoms with E-state index in [9.17, 15) is 9.59 Å². The van der Waals surface area contributed by atoms with Gasteiger partial charge in [-0.3, -0.25) is 9.59 Å². The molecule has 1 rings (SSSR count). The first-order valence-electron chi connectivity index (χ1n) is 6.09. The van der Waals surface area contributed by atoms with Gasteiger partial charge in [0.1, 0.15) is 0 Å². The molecule has 1 amide bonds. The van der Waals surface area contributed by atoms with E-state index in [4.69, 9.17) is 5.11 Å². The van der Waals surface area contributed by atoms with Crippen molar-refractivity contribution in [3.8, 4) is 0 Å². The van der Waals surface area contributed by atoms with Crippen LogP contribution in [0.5, 0.6) is 0 Å². The smallest absolute Gasteiger partial charge is 0.307 e. The summed E-state index contributed by atoms with van der Waals surface area (Å²) in [7, 11) is 3.57. The zero-order chi connectivity index (χ0) is 13.0. The van der Waals surface area contributed by atoms with E-state index in [1.54, 1.807) is 11.9 Å². The van der Waals surface area contributed by atoms with Crippen LogP contribution in [0.25, 0.3) is 0 Å². The van der Waals surface area contributed by atoms with Crippen molar-refractivity contribution in [2.45, 2.75) is 19.8 Å². The van der Waals surface area contributed by atoms with Crippen LogP contribution in [0.4, 0.5) is 0 Å². The minimum atomic E-state index is -0.838. The van der Waals surface area contributed by atoms with E-state index >= 15 is 0 Å². The summed E-state index contributed by atoms with van der Waals surface area (Å²) < 4.78 is 0. The average molecular weight is 242 g/mol. The Bertz CT molecular complexity index is 293. The molecule has 2 N–H and O–H groups in total. The van der Waals surface area contributed by atoms with Gasteiger partial charge in [0.25, 0.3) is 0 Å². The third kappa shape index (κ3) is 3.43. The predicted molar refractivity (Wildman–Crippen MR) is 64.6 cm³/mol. The molecule has 0 aliphatic heterocycles. The molecule has 5 heteroatoms. The highest BCUT2D eigenvalue weighted by Crippen LogP contribution is 2.37. The molecule has 0 aromatic carbocycles. The number of carboxylic acids is 1. The molecule has 0 aromatic heterocycles. The monoisotopic (exact) mass is 242 g/mol. The molecular formula is C12H22N2O3. The molecule has 0 bridgehead atoms. The summed E-state index contributed by atoms with van der Waals surface area (Å²) in [6, 6.07) is 0. The Labute approximate surface area is 102 Å². The molecule has 5 nitrogen and oxygen atoms in total. The van der Waals surface area contributed by atoms with Crippen molar-refractivity contribution in [2.24, 2.45) is 17.8 Å². The summed E-state index contributed by atoms with van der Waals surface area (Å²) in [5.74, 6) is -1.40. The molecule has 0 radical (unpaired) electrons. The Kier molecular flexibility index (Phi) is 4.93. The lowest BCUT2D eigenvalue weighted by molar-refractivity contribution is -0.148. The molecule has 98 valence electrons. The fourth-order valence-electron chi connectivity index (χ4n) is 2.51. The summed E-state index contributed by atoms with van der Waals surface area (Å²) in [4.78, 5) is 24.9. The maximum atomic E-state index is 12.1. The van der Waals surface area contributed by atoms with E-state index in [0.717, 1.165) is 6.54 Å². The lowest BCUT2D eigenvalue weighted by Gasteiger charge is -2.23. The van der Waals surface area contributed by atoms with E-state index < -0.39 is 11.9 Å². The first-order chi connectivity index (χ1) is 7.97. The highest BCUT2D eigenvalue weighted by atomic mass is 16.4. The zero-order valence-electron chi connectivity index (χ0n) is 10.8. The number of hydrogen-bond acceptors (Lipinski definition) is 3. The van der Waals surface area contributed by atoms with Gasteiger partial charge in [-0.25, -0.2) is 0 Å². The molecule has 1 aliphatic carbocycles. The van der Waals surface area contributed by atoms with Gasteiger partial charge in [0.2, 0.25) is 5.91 Å². The summed E-state index contributed by atoms with van der Waals surface area (Å²) in [6.07, 6.45) is 1.31. The largest absolute Gasteiger partial charge is 0.481 e. The third-order valence-electron chi connectivity index (χ3n) is 3.51. The minimum Gasteiger partial charge on any atom is -0.481 e. The summed E-state index contributed by atoms with van der Waals surface area (Å²) >= 11 is 0. The molecule has 0 saturated heterocycles. The van der Waals surface area contributed by atoms with Gasteiger partial charge in [-0.15, -0.1) is 0 Å². The molecule has 3 atom stereocenters. The minimum absolute atomic E-state index is 0.0306. The van der Waals surface area contributed by atoms with E-state index in [0.29, 0.717) is 25.3 Å². The third-order valence-corrected chi connectivity index (χ3v) is 3.51. The van der Waals surface area contributed by atoms with E-state index in [1.165, 1.54) is 0 Å². The van der Waals surface area contributed by atoms with Crippen LogP contribution in [-0.4, -0.2) is 49.1 Å². The van der Waals surface area contributed by atoms with Gasteiger partial charge in [0, 0.05) is 20.1 Å². The van der Waals surface area contributed by atoms with E-state index in [2.05, 4.69) is 5.32 Å². The number of aliphatic carboxylic acids is 1. The van der Waals surface area contributed by atoms with Gasteiger partial charge in [0.15, 0.2) is 0 Å². The second kappa shape index (κ2) is 6.00. The normalized spacial score (nSPS) is 28.1. The molecule has 0 aromatic rings. The van der Waals surface area contributed by atoms with E-state index in [-0.39, 0.29) is 11.8 Å². The van der Waals surface area contributed by atoms with Crippen LogP contribution < -0.4 is 5.32 Å². The van der Waals surface area contributed by atoms with Crippen molar-refractivity contribution in [1.82, 2.24) is 10.2 Å². The lowest BCUT2D eigenvalue weighted by atomic mass is 9.95. The maximum Gasteiger partial charge on any atom is 0.307 e. The quantitative estimate of drug-likeness (QED) is 0.732. The Hall–Kier alpha value is -1.10. The molecule has 0 heterocycles. The van der Waals surface area contributed by atoms with Crippen LogP contribution in [0.1, 0.15) is 19.8 Å². The molecule has 1 aliphatic rings. The molecule has 1 fully saturated rings.